The van der Waals surface area contributed by atoms with Gasteiger partial charge in [0.1, 0.15) is 6.29 Å². The predicted molar refractivity (Wildman–Crippen MR) is 63.0 cm³/mol. The Morgan fingerprint density at radius 3 is 3.07 bits per heavy atom. The molecule has 1 aliphatic rings. The molecule has 1 aliphatic heterocycles. The van der Waals surface area contributed by atoms with Crippen LogP contribution >= 0.6 is 15.9 Å². The van der Waals surface area contributed by atoms with Gasteiger partial charge in [-0.15, -0.1) is 0 Å². The van der Waals surface area contributed by atoms with Gasteiger partial charge in [-0.2, -0.15) is 0 Å². The van der Waals surface area contributed by atoms with Gasteiger partial charge in [-0.25, -0.2) is 0 Å². The highest BCUT2D eigenvalue weighted by Gasteiger charge is 2.22. The van der Waals surface area contributed by atoms with Crippen LogP contribution in [0.5, 0.6) is 0 Å². The summed E-state index contributed by atoms with van der Waals surface area (Å²) in [5, 5.41) is 0. The van der Waals surface area contributed by atoms with Gasteiger partial charge in [0.25, 0.3) is 0 Å². The van der Waals surface area contributed by atoms with E-state index in [1.807, 2.05) is 12.3 Å². The van der Waals surface area contributed by atoms with Crippen LogP contribution in [0, 0.1) is 0 Å². The van der Waals surface area contributed by atoms with E-state index in [-0.39, 0.29) is 6.04 Å². The molecule has 4 heteroatoms. The summed E-state index contributed by atoms with van der Waals surface area (Å²) in [4.78, 5) is 17.2. The first kappa shape index (κ1) is 10.6. The SMILES string of the molecule is O=CC1CCCCN1c1cncc(Br)c1. The van der Waals surface area contributed by atoms with Crippen molar-refractivity contribution in [1.82, 2.24) is 4.98 Å². The van der Waals surface area contributed by atoms with Crippen LogP contribution in [0.1, 0.15) is 19.3 Å². The Kier molecular flexibility index (Phi) is 3.36. The van der Waals surface area contributed by atoms with Crippen molar-refractivity contribution in [1.29, 1.82) is 0 Å². The maximum atomic E-state index is 11.0. The Bertz CT molecular complexity index is 356. The number of rotatable bonds is 2. The average molecular weight is 269 g/mol. The van der Waals surface area contributed by atoms with Crippen molar-refractivity contribution in [3.63, 3.8) is 0 Å². The van der Waals surface area contributed by atoms with Crippen molar-refractivity contribution >= 4 is 27.9 Å². The minimum Gasteiger partial charge on any atom is -0.361 e. The monoisotopic (exact) mass is 268 g/mol. The molecule has 1 aromatic rings. The smallest absolute Gasteiger partial charge is 0.142 e. The van der Waals surface area contributed by atoms with Crippen LogP contribution < -0.4 is 4.90 Å². The molecule has 0 saturated carbocycles. The minimum absolute atomic E-state index is 0.0230. The van der Waals surface area contributed by atoms with E-state index in [1.165, 1.54) is 0 Å². The third-order valence-corrected chi connectivity index (χ3v) is 3.16. The van der Waals surface area contributed by atoms with E-state index in [2.05, 4.69) is 25.8 Å². The molecule has 1 saturated heterocycles. The summed E-state index contributed by atoms with van der Waals surface area (Å²) < 4.78 is 0.954. The summed E-state index contributed by atoms with van der Waals surface area (Å²) in [5.74, 6) is 0. The maximum absolute atomic E-state index is 11.0. The molecule has 15 heavy (non-hydrogen) atoms. The molecule has 0 aliphatic carbocycles. The largest absolute Gasteiger partial charge is 0.361 e. The number of piperidine rings is 1. The van der Waals surface area contributed by atoms with Crippen molar-refractivity contribution in [2.45, 2.75) is 25.3 Å². The zero-order valence-corrected chi connectivity index (χ0v) is 9.98. The van der Waals surface area contributed by atoms with Gasteiger partial charge in [0.15, 0.2) is 0 Å². The van der Waals surface area contributed by atoms with Crippen LogP contribution in [0.3, 0.4) is 0 Å². The Morgan fingerprint density at radius 2 is 2.33 bits per heavy atom. The lowest BCUT2D eigenvalue weighted by Gasteiger charge is -2.34. The molecule has 1 fully saturated rings. The molecule has 3 nitrogen and oxygen atoms in total. The normalized spacial score (nSPS) is 21.4. The quantitative estimate of drug-likeness (QED) is 0.773. The number of hydrogen-bond acceptors (Lipinski definition) is 3. The zero-order valence-electron chi connectivity index (χ0n) is 8.40. The first-order valence-electron chi connectivity index (χ1n) is 5.14. The van der Waals surface area contributed by atoms with Gasteiger partial charge in [0.2, 0.25) is 0 Å². The van der Waals surface area contributed by atoms with E-state index in [4.69, 9.17) is 0 Å². The second-order valence-electron chi connectivity index (χ2n) is 3.75. The number of halogens is 1. The molecule has 0 bridgehead atoms. The summed E-state index contributed by atoms with van der Waals surface area (Å²) in [7, 11) is 0. The van der Waals surface area contributed by atoms with E-state index < -0.39 is 0 Å². The molecular weight excluding hydrogens is 256 g/mol. The third-order valence-electron chi connectivity index (χ3n) is 2.73. The first-order chi connectivity index (χ1) is 7.31. The van der Waals surface area contributed by atoms with E-state index in [0.29, 0.717) is 0 Å². The highest BCUT2D eigenvalue weighted by atomic mass is 79.9. The highest BCUT2D eigenvalue weighted by Crippen LogP contribution is 2.25. The van der Waals surface area contributed by atoms with Gasteiger partial charge in [-0.05, 0) is 41.3 Å². The summed E-state index contributed by atoms with van der Waals surface area (Å²) in [6.45, 7) is 0.946. The van der Waals surface area contributed by atoms with Gasteiger partial charge in [0.05, 0.1) is 17.9 Å². The van der Waals surface area contributed by atoms with Gasteiger partial charge in [-0.3, -0.25) is 4.98 Å². The van der Waals surface area contributed by atoms with Crippen LogP contribution in [-0.4, -0.2) is 23.9 Å². The first-order valence-corrected chi connectivity index (χ1v) is 5.93. The van der Waals surface area contributed by atoms with Crippen LogP contribution in [-0.2, 0) is 4.79 Å². The second kappa shape index (κ2) is 4.75. The average Bonchev–Trinajstić information content (AvgIpc) is 2.29. The number of anilines is 1. The van der Waals surface area contributed by atoms with Crippen molar-refractivity contribution in [2.75, 3.05) is 11.4 Å². The molecular formula is C11H13BrN2O. The lowest BCUT2D eigenvalue weighted by molar-refractivity contribution is -0.109. The van der Waals surface area contributed by atoms with Crippen molar-refractivity contribution < 1.29 is 4.79 Å². The highest BCUT2D eigenvalue weighted by molar-refractivity contribution is 9.10. The van der Waals surface area contributed by atoms with E-state index >= 15 is 0 Å². The van der Waals surface area contributed by atoms with E-state index in [9.17, 15) is 4.79 Å². The minimum atomic E-state index is 0.0230. The molecule has 0 amide bonds. The van der Waals surface area contributed by atoms with Crippen molar-refractivity contribution in [3.05, 3.63) is 22.9 Å². The number of nitrogens with zero attached hydrogens (tertiary/aromatic N) is 2. The lowest BCUT2D eigenvalue weighted by Crippen LogP contribution is -2.40. The Morgan fingerprint density at radius 1 is 1.47 bits per heavy atom. The van der Waals surface area contributed by atoms with Crippen molar-refractivity contribution in [3.8, 4) is 0 Å². The third kappa shape index (κ3) is 2.37. The molecule has 0 radical (unpaired) electrons. The fourth-order valence-electron chi connectivity index (χ4n) is 1.98. The molecule has 1 unspecified atom stereocenters. The number of carbonyl (C=O) groups is 1. The fraction of sp³-hybridized carbons (Fsp3) is 0.455. The van der Waals surface area contributed by atoms with Gasteiger partial charge < -0.3 is 9.69 Å². The summed E-state index contributed by atoms with van der Waals surface area (Å²) in [6, 6.07) is 2.03. The molecule has 1 atom stereocenters. The lowest BCUT2D eigenvalue weighted by atomic mass is 10.0. The zero-order chi connectivity index (χ0) is 10.7. The molecule has 0 N–H and O–H groups in total. The number of aldehydes is 1. The Labute approximate surface area is 97.6 Å². The fourth-order valence-corrected chi connectivity index (χ4v) is 2.33. The second-order valence-corrected chi connectivity index (χ2v) is 4.67. The molecule has 0 aromatic carbocycles. The van der Waals surface area contributed by atoms with Crippen LogP contribution in [0.25, 0.3) is 0 Å². The summed E-state index contributed by atoms with van der Waals surface area (Å²) in [5.41, 5.74) is 1.03. The Balaban J connectivity index is 2.23. The number of pyridine rings is 1. The maximum Gasteiger partial charge on any atom is 0.142 e. The van der Waals surface area contributed by atoms with Gasteiger partial charge in [0, 0.05) is 17.2 Å². The number of carbonyl (C=O) groups excluding carboxylic acids is 1. The van der Waals surface area contributed by atoms with Crippen LogP contribution in [0.15, 0.2) is 22.9 Å². The molecule has 80 valence electrons. The predicted octanol–water partition coefficient (Wildman–Crippen LogP) is 2.40. The van der Waals surface area contributed by atoms with Gasteiger partial charge in [-0.1, -0.05) is 0 Å². The molecule has 0 spiro atoms. The number of hydrogen-bond donors (Lipinski definition) is 0. The molecule has 1 aromatic heterocycles. The standard InChI is InChI=1S/C11H13BrN2O/c12-9-5-11(7-13-6-9)14-4-2-1-3-10(14)8-15/h5-8,10H,1-4H2. The summed E-state index contributed by atoms with van der Waals surface area (Å²) in [6.07, 6.45) is 7.85. The molecule has 2 rings (SSSR count). The van der Waals surface area contributed by atoms with Crippen LogP contribution in [0.4, 0.5) is 5.69 Å². The van der Waals surface area contributed by atoms with Gasteiger partial charge >= 0.3 is 0 Å². The van der Waals surface area contributed by atoms with E-state index in [1.54, 1.807) is 6.20 Å². The Hall–Kier alpha value is -0.900. The van der Waals surface area contributed by atoms with E-state index in [0.717, 1.165) is 42.3 Å². The summed E-state index contributed by atoms with van der Waals surface area (Å²) >= 11 is 3.39. The number of aromatic nitrogens is 1. The van der Waals surface area contributed by atoms with Crippen LogP contribution in [0.2, 0.25) is 0 Å². The topological polar surface area (TPSA) is 33.2 Å². The molecule has 2 heterocycles. The van der Waals surface area contributed by atoms with Crippen molar-refractivity contribution in [2.24, 2.45) is 0 Å².